The highest BCUT2D eigenvalue weighted by Gasteiger charge is 2.08. The van der Waals surface area contributed by atoms with Gasteiger partial charge in [0.25, 0.3) is 0 Å². The highest BCUT2D eigenvalue weighted by Crippen LogP contribution is 2.13. The maximum atomic E-state index is 13.0. The van der Waals surface area contributed by atoms with Crippen LogP contribution in [0.1, 0.15) is 22.5 Å². The van der Waals surface area contributed by atoms with E-state index in [0.29, 0.717) is 6.54 Å². The van der Waals surface area contributed by atoms with Crippen molar-refractivity contribution in [2.24, 2.45) is 4.99 Å². The van der Waals surface area contributed by atoms with Crippen LogP contribution in [-0.2, 0) is 26.1 Å². The number of nitrogens with zero attached hydrogens (tertiary/aromatic N) is 2. The van der Waals surface area contributed by atoms with Gasteiger partial charge in [0.15, 0.2) is 5.96 Å². The monoisotopic (exact) mass is 536 g/mol. The first-order chi connectivity index (χ1) is 14.6. The zero-order valence-corrected chi connectivity index (χ0v) is 20.3. The van der Waals surface area contributed by atoms with E-state index in [2.05, 4.69) is 51.8 Å². The summed E-state index contributed by atoms with van der Waals surface area (Å²) in [4.78, 5) is 6.53. The predicted octanol–water partition coefficient (Wildman–Crippen LogP) is 4.58. The predicted molar refractivity (Wildman–Crippen MR) is 134 cm³/mol. The second kappa shape index (κ2) is 13.1. The lowest BCUT2D eigenvalue weighted by Gasteiger charge is -2.19. The normalized spacial score (nSPS) is 11.3. The van der Waals surface area contributed by atoms with Gasteiger partial charge in [0.2, 0.25) is 0 Å². The highest BCUT2D eigenvalue weighted by atomic mass is 127. The van der Waals surface area contributed by atoms with Crippen LogP contribution in [0.3, 0.4) is 0 Å². The fraction of sp³-hybridized carbons (Fsp3) is 0.292. The molecular weight excluding hydrogens is 506 g/mol. The molecule has 31 heavy (non-hydrogen) atoms. The van der Waals surface area contributed by atoms with Crippen molar-refractivity contribution in [1.82, 2.24) is 15.5 Å². The maximum Gasteiger partial charge on any atom is 0.191 e. The maximum absolute atomic E-state index is 13.0. The third kappa shape index (κ3) is 8.34. The Balaban J connectivity index is 0.00000341. The van der Waals surface area contributed by atoms with Crippen LogP contribution in [0.4, 0.5) is 4.39 Å². The van der Waals surface area contributed by atoms with Crippen molar-refractivity contribution >= 4 is 29.9 Å². The number of nitrogens with one attached hydrogen (secondary N) is 2. The van der Waals surface area contributed by atoms with E-state index in [9.17, 15) is 4.39 Å². The number of hydrogen-bond acceptors (Lipinski definition) is 3. The van der Waals surface area contributed by atoms with Crippen LogP contribution in [0, 0.1) is 5.82 Å². The van der Waals surface area contributed by atoms with E-state index in [1.54, 1.807) is 13.3 Å². The minimum Gasteiger partial charge on any atom is -0.468 e. The molecule has 2 aromatic carbocycles. The zero-order valence-electron chi connectivity index (χ0n) is 18.0. The lowest BCUT2D eigenvalue weighted by atomic mass is 10.1. The molecule has 0 spiro atoms. The van der Waals surface area contributed by atoms with Crippen molar-refractivity contribution in [2.75, 3.05) is 20.6 Å². The molecule has 0 saturated carbocycles. The first-order valence-corrected chi connectivity index (χ1v) is 10.1. The molecule has 1 aromatic heterocycles. The molecule has 0 fully saturated rings. The Morgan fingerprint density at radius 2 is 1.71 bits per heavy atom. The summed E-state index contributed by atoms with van der Waals surface area (Å²) in [5, 5.41) is 6.70. The Kier molecular flexibility index (Phi) is 10.5. The van der Waals surface area contributed by atoms with Crippen molar-refractivity contribution in [3.63, 3.8) is 0 Å². The van der Waals surface area contributed by atoms with Crippen LogP contribution in [0.2, 0.25) is 0 Å². The average molecular weight is 536 g/mol. The van der Waals surface area contributed by atoms with Gasteiger partial charge in [-0.3, -0.25) is 9.89 Å². The molecule has 2 N–H and O–H groups in total. The molecule has 7 heteroatoms. The van der Waals surface area contributed by atoms with Crippen LogP contribution in [0.15, 0.2) is 76.3 Å². The van der Waals surface area contributed by atoms with Gasteiger partial charge in [0, 0.05) is 26.7 Å². The number of benzene rings is 2. The third-order valence-electron chi connectivity index (χ3n) is 4.85. The number of furan rings is 1. The smallest absolute Gasteiger partial charge is 0.191 e. The molecule has 0 aliphatic heterocycles. The highest BCUT2D eigenvalue weighted by molar-refractivity contribution is 14.0. The second-order valence-corrected chi connectivity index (χ2v) is 7.25. The number of aliphatic imine (C=N–C) groups is 1. The Morgan fingerprint density at radius 3 is 2.39 bits per heavy atom. The van der Waals surface area contributed by atoms with Crippen molar-refractivity contribution in [3.8, 4) is 0 Å². The number of hydrogen-bond donors (Lipinski definition) is 2. The van der Waals surface area contributed by atoms with E-state index >= 15 is 0 Å². The molecule has 166 valence electrons. The van der Waals surface area contributed by atoms with Gasteiger partial charge in [-0.2, -0.15) is 0 Å². The van der Waals surface area contributed by atoms with Gasteiger partial charge < -0.3 is 15.1 Å². The van der Waals surface area contributed by atoms with E-state index < -0.39 is 0 Å². The quantitative estimate of drug-likeness (QED) is 0.239. The van der Waals surface area contributed by atoms with Crippen molar-refractivity contribution in [2.45, 2.75) is 26.1 Å². The summed E-state index contributed by atoms with van der Waals surface area (Å²) in [6, 6.07) is 18.9. The standard InChI is InChI=1S/C24H29FN4O.HI/c1-26-24(27-14-13-19-9-11-22(25)12-10-19)28-16-20-6-3-4-7-21(20)17-29(2)18-23-8-5-15-30-23;/h3-12,15H,13-14,16-18H2,1-2H3,(H2,26,27,28);1H. The summed E-state index contributed by atoms with van der Waals surface area (Å²) in [5.74, 6) is 1.49. The third-order valence-corrected chi connectivity index (χ3v) is 4.85. The fourth-order valence-electron chi connectivity index (χ4n) is 3.28. The van der Waals surface area contributed by atoms with Crippen molar-refractivity contribution in [1.29, 1.82) is 0 Å². The van der Waals surface area contributed by atoms with Gasteiger partial charge >= 0.3 is 0 Å². The van der Waals surface area contributed by atoms with Gasteiger partial charge in [0.1, 0.15) is 11.6 Å². The molecule has 3 aromatic rings. The van der Waals surface area contributed by atoms with Gasteiger partial charge in [-0.1, -0.05) is 36.4 Å². The van der Waals surface area contributed by atoms with E-state index in [1.807, 2.05) is 24.3 Å². The largest absolute Gasteiger partial charge is 0.468 e. The minimum atomic E-state index is -0.211. The molecule has 0 aliphatic rings. The van der Waals surface area contributed by atoms with Crippen molar-refractivity contribution < 1.29 is 8.81 Å². The molecule has 1 heterocycles. The number of halogens is 2. The van der Waals surface area contributed by atoms with Crippen molar-refractivity contribution in [3.05, 3.63) is 95.2 Å². The minimum absolute atomic E-state index is 0. The molecule has 5 nitrogen and oxygen atoms in total. The SMILES string of the molecule is CN=C(NCCc1ccc(F)cc1)NCc1ccccc1CN(C)Cc1ccco1.I. The second-order valence-electron chi connectivity index (χ2n) is 7.25. The number of guanidine groups is 1. The zero-order chi connectivity index (χ0) is 21.2. The number of rotatable bonds is 9. The molecule has 0 amide bonds. The molecule has 0 unspecified atom stereocenters. The fourth-order valence-corrected chi connectivity index (χ4v) is 3.28. The molecule has 0 radical (unpaired) electrons. The van der Waals surface area contributed by atoms with Crippen LogP contribution in [0.5, 0.6) is 0 Å². The molecule has 0 saturated heterocycles. The average Bonchev–Trinajstić information content (AvgIpc) is 3.25. The molecule has 0 aliphatic carbocycles. The Hall–Kier alpha value is -2.39. The van der Waals surface area contributed by atoms with E-state index in [1.165, 1.54) is 23.3 Å². The summed E-state index contributed by atoms with van der Waals surface area (Å²) < 4.78 is 18.5. The van der Waals surface area contributed by atoms with E-state index in [4.69, 9.17) is 4.42 Å². The summed E-state index contributed by atoms with van der Waals surface area (Å²) in [6.45, 7) is 3.00. The van der Waals surface area contributed by atoms with Gasteiger partial charge in [-0.25, -0.2) is 4.39 Å². The summed E-state index contributed by atoms with van der Waals surface area (Å²) in [5.41, 5.74) is 3.58. The van der Waals surface area contributed by atoms with Crippen LogP contribution in [-0.4, -0.2) is 31.5 Å². The van der Waals surface area contributed by atoms with Crippen LogP contribution >= 0.6 is 24.0 Å². The summed E-state index contributed by atoms with van der Waals surface area (Å²) in [6.07, 6.45) is 2.50. The Morgan fingerprint density at radius 1 is 0.968 bits per heavy atom. The van der Waals surface area contributed by atoms with Crippen LogP contribution < -0.4 is 10.6 Å². The van der Waals surface area contributed by atoms with Gasteiger partial charge in [-0.05, 0) is 54.4 Å². The molecule has 3 rings (SSSR count). The topological polar surface area (TPSA) is 52.8 Å². The summed E-state index contributed by atoms with van der Waals surface area (Å²) in [7, 11) is 3.85. The Bertz CT molecular complexity index is 929. The molecule has 0 bridgehead atoms. The lowest BCUT2D eigenvalue weighted by molar-refractivity contribution is 0.287. The molecule has 0 atom stereocenters. The van der Waals surface area contributed by atoms with Crippen LogP contribution in [0.25, 0.3) is 0 Å². The first kappa shape index (κ1) is 24.9. The van der Waals surface area contributed by atoms with Gasteiger partial charge in [-0.15, -0.1) is 24.0 Å². The van der Waals surface area contributed by atoms with Gasteiger partial charge in [0.05, 0.1) is 12.8 Å². The summed E-state index contributed by atoms with van der Waals surface area (Å²) >= 11 is 0. The molecular formula is C24H30FIN4O. The Labute approximate surface area is 200 Å². The van der Waals surface area contributed by atoms with E-state index in [-0.39, 0.29) is 29.8 Å². The lowest BCUT2D eigenvalue weighted by Crippen LogP contribution is -2.38. The first-order valence-electron chi connectivity index (χ1n) is 10.1. The van der Waals surface area contributed by atoms with E-state index in [0.717, 1.165) is 43.3 Å².